The molecule has 102 valence electrons. The van der Waals surface area contributed by atoms with Gasteiger partial charge in [0.25, 0.3) is 5.91 Å². The first-order valence-corrected chi connectivity index (χ1v) is 6.47. The van der Waals surface area contributed by atoms with Gasteiger partial charge in [0.2, 0.25) is 0 Å². The normalized spacial score (nSPS) is 12.4. The molecule has 1 amide bonds. The summed E-state index contributed by atoms with van der Waals surface area (Å²) < 4.78 is 10.6. The van der Waals surface area contributed by atoms with E-state index in [0.717, 1.165) is 17.7 Å². The summed E-state index contributed by atoms with van der Waals surface area (Å²) in [7, 11) is 1.60. The first-order valence-electron chi connectivity index (χ1n) is 6.47. The number of amides is 1. The molecule has 2 aromatic carbocycles. The van der Waals surface area contributed by atoms with Crippen LogP contribution in [0.15, 0.2) is 42.5 Å². The number of nitrogens with one attached hydrogen (secondary N) is 1. The smallest absolute Gasteiger partial charge is 0.255 e. The van der Waals surface area contributed by atoms with E-state index in [1.165, 1.54) is 0 Å². The van der Waals surface area contributed by atoms with E-state index in [0.29, 0.717) is 23.6 Å². The Bertz CT molecular complexity index is 652. The Balaban J connectivity index is 1.79. The van der Waals surface area contributed by atoms with Crippen LogP contribution in [0.5, 0.6) is 11.5 Å². The van der Waals surface area contributed by atoms with Crippen LogP contribution in [0.3, 0.4) is 0 Å². The summed E-state index contributed by atoms with van der Waals surface area (Å²) in [5.41, 5.74) is 2.44. The van der Waals surface area contributed by atoms with Gasteiger partial charge in [0.15, 0.2) is 0 Å². The average molecular weight is 269 g/mol. The van der Waals surface area contributed by atoms with Crippen LogP contribution >= 0.6 is 0 Å². The van der Waals surface area contributed by atoms with Crippen LogP contribution in [0.1, 0.15) is 15.9 Å². The summed E-state index contributed by atoms with van der Waals surface area (Å²) in [6.07, 6.45) is 0.857. The molecular weight excluding hydrogens is 254 g/mol. The Labute approximate surface area is 117 Å². The van der Waals surface area contributed by atoms with E-state index in [4.69, 9.17) is 9.47 Å². The number of benzene rings is 2. The van der Waals surface area contributed by atoms with Gasteiger partial charge in [0.05, 0.1) is 13.7 Å². The minimum Gasteiger partial charge on any atom is -0.497 e. The van der Waals surface area contributed by atoms with Crippen LogP contribution in [0, 0.1) is 0 Å². The second-order valence-electron chi connectivity index (χ2n) is 4.61. The highest BCUT2D eigenvalue weighted by atomic mass is 16.5. The summed E-state index contributed by atoms with van der Waals surface area (Å²) in [5, 5.41) is 2.86. The van der Waals surface area contributed by atoms with Gasteiger partial charge in [-0.1, -0.05) is 6.07 Å². The number of ether oxygens (including phenoxy) is 2. The molecule has 1 N–H and O–H groups in total. The van der Waals surface area contributed by atoms with Crippen molar-refractivity contribution in [3.05, 3.63) is 53.6 Å². The zero-order chi connectivity index (χ0) is 13.9. The SMILES string of the molecule is COc1cccc(NC(=O)c2ccc3c(c2)CCO3)c1. The highest BCUT2D eigenvalue weighted by Gasteiger charge is 2.15. The highest BCUT2D eigenvalue weighted by Crippen LogP contribution is 2.26. The largest absolute Gasteiger partial charge is 0.497 e. The summed E-state index contributed by atoms with van der Waals surface area (Å²) in [5.74, 6) is 1.46. The van der Waals surface area contributed by atoms with E-state index in [-0.39, 0.29) is 5.91 Å². The maximum absolute atomic E-state index is 12.2. The van der Waals surface area contributed by atoms with E-state index >= 15 is 0 Å². The number of carbonyl (C=O) groups is 1. The molecule has 1 aliphatic heterocycles. The van der Waals surface area contributed by atoms with Crippen molar-refractivity contribution in [1.29, 1.82) is 0 Å². The standard InChI is InChI=1S/C16H15NO3/c1-19-14-4-2-3-13(10-14)17-16(18)12-5-6-15-11(9-12)7-8-20-15/h2-6,9-10H,7-8H2,1H3,(H,17,18). The van der Waals surface area contributed by atoms with E-state index in [1.54, 1.807) is 19.2 Å². The predicted octanol–water partition coefficient (Wildman–Crippen LogP) is 2.88. The number of rotatable bonds is 3. The Kier molecular flexibility index (Phi) is 3.29. The molecule has 0 fully saturated rings. The van der Waals surface area contributed by atoms with Gasteiger partial charge in [-0.25, -0.2) is 0 Å². The number of hydrogen-bond donors (Lipinski definition) is 1. The molecular formula is C16H15NO3. The maximum Gasteiger partial charge on any atom is 0.255 e. The Morgan fingerprint density at radius 2 is 2.15 bits per heavy atom. The quantitative estimate of drug-likeness (QED) is 0.932. The van der Waals surface area contributed by atoms with E-state index in [1.807, 2.05) is 30.3 Å². The van der Waals surface area contributed by atoms with Crippen molar-refractivity contribution in [3.63, 3.8) is 0 Å². The number of carbonyl (C=O) groups excluding carboxylic acids is 1. The van der Waals surface area contributed by atoms with Gasteiger partial charge in [-0.05, 0) is 35.9 Å². The van der Waals surface area contributed by atoms with Gasteiger partial charge in [-0.2, -0.15) is 0 Å². The van der Waals surface area contributed by atoms with Crippen molar-refractivity contribution in [2.75, 3.05) is 19.0 Å². The molecule has 0 atom stereocenters. The predicted molar refractivity (Wildman–Crippen MR) is 76.6 cm³/mol. The Hall–Kier alpha value is -2.49. The molecule has 0 saturated heterocycles. The zero-order valence-electron chi connectivity index (χ0n) is 11.2. The van der Waals surface area contributed by atoms with Gasteiger partial charge >= 0.3 is 0 Å². The maximum atomic E-state index is 12.2. The molecule has 0 aromatic heterocycles. The lowest BCUT2D eigenvalue weighted by Gasteiger charge is -2.08. The first-order chi connectivity index (χ1) is 9.76. The van der Waals surface area contributed by atoms with Gasteiger partial charge in [-0.15, -0.1) is 0 Å². The fourth-order valence-corrected chi connectivity index (χ4v) is 2.23. The third kappa shape index (κ3) is 2.45. The van der Waals surface area contributed by atoms with Crippen molar-refractivity contribution >= 4 is 11.6 Å². The third-order valence-corrected chi connectivity index (χ3v) is 3.28. The molecule has 0 spiro atoms. The molecule has 0 unspecified atom stereocenters. The van der Waals surface area contributed by atoms with E-state index in [9.17, 15) is 4.79 Å². The molecule has 0 bridgehead atoms. The topological polar surface area (TPSA) is 47.6 Å². The lowest BCUT2D eigenvalue weighted by Crippen LogP contribution is -2.12. The molecule has 4 heteroatoms. The average Bonchev–Trinajstić information content (AvgIpc) is 2.94. The summed E-state index contributed by atoms with van der Waals surface area (Å²) in [6.45, 7) is 0.691. The highest BCUT2D eigenvalue weighted by molar-refractivity contribution is 6.04. The van der Waals surface area contributed by atoms with Gasteiger partial charge in [-0.3, -0.25) is 4.79 Å². The van der Waals surface area contributed by atoms with Gasteiger partial charge in [0, 0.05) is 23.7 Å². The molecule has 4 nitrogen and oxygen atoms in total. The Morgan fingerprint density at radius 1 is 1.25 bits per heavy atom. The van der Waals surface area contributed by atoms with Gasteiger partial charge in [0.1, 0.15) is 11.5 Å². The molecule has 2 aromatic rings. The van der Waals surface area contributed by atoms with Crippen LogP contribution < -0.4 is 14.8 Å². The van der Waals surface area contributed by atoms with E-state index < -0.39 is 0 Å². The first kappa shape index (κ1) is 12.5. The monoisotopic (exact) mass is 269 g/mol. The summed E-state index contributed by atoms with van der Waals surface area (Å²) >= 11 is 0. The second kappa shape index (κ2) is 5.25. The fourth-order valence-electron chi connectivity index (χ4n) is 2.23. The fraction of sp³-hybridized carbons (Fsp3) is 0.188. The Morgan fingerprint density at radius 3 is 3.00 bits per heavy atom. The van der Waals surface area contributed by atoms with Crippen molar-refractivity contribution in [2.45, 2.75) is 6.42 Å². The lowest BCUT2D eigenvalue weighted by molar-refractivity contribution is 0.102. The van der Waals surface area contributed by atoms with Crippen molar-refractivity contribution < 1.29 is 14.3 Å². The van der Waals surface area contributed by atoms with Crippen LogP contribution in [0.25, 0.3) is 0 Å². The van der Waals surface area contributed by atoms with Crippen molar-refractivity contribution in [1.82, 2.24) is 0 Å². The zero-order valence-corrected chi connectivity index (χ0v) is 11.2. The molecule has 1 heterocycles. The third-order valence-electron chi connectivity index (χ3n) is 3.28. The second-order valence-corrected chi connectivity index (χ2v) is 4.61. The lowest BCUT2D eigenvalue weighted by atomic mass is 10.1. The number of anilines is 1. The summed E-state index contributed by atoms with van der Waals surface area (Å²) in [4.78, 5) is 12.2. The van der Waals surface area contributed by atoms with Crippen LogP contribution in [-0.4, -0.2) is 19.6 Å². The molecule has 20 heavy (non-hydrogen) atoms. The van der Waals surface area contributed by atoms with Crippen LogP contribution in [0.4, 0.5) is 5.69 Å². The molecule has 1 aliphatic rings. The van der Waals surface area contributed by atoms with Crippen molar-refractivity contribution in [2.24, 2.45) is 0 Å². The molecule has 0 radical (unpaired) electrons. The minimum atomic E-state index is -0.132. The molecule has 0 aliphatic carbocycles. The van der Waals surface area contributed by atoms with Crippen molar-refractivity contribution in [3.8, 4) is 11.5 Å². The van der Waals surface area contributed by atoms with Crippen LogP contribution in [-0.2, 0) is 6.42 Å². The molecule has 3 rings (SSSR count). The minimum absolute atomic E-state index is 0.132. The summed E-state index contributed by atoms with van der Waals surface area (Å²) in [6, 6.07) is 12.8. The number of fused-ring (bicyclic) bond motifs is 1. The van der Waals surface area contributed by atoms with Crippen LogP contribution in [0.2, 0.25) is 0 Å². The number of hydrogen-bond acceptors (Lipinski definition) is 3. The van der Waals surface area contributed by atoms with Gasteiger partial charge < -0.3 is 14.8 Å². The van der Waals surface area contributed by atoms with E-state index in [2.05, 4.69) is 5.32 Å². The number of methoxy groups -OCH3 is 1. The molecule has 0 saturated carbocycles.